The first-order chi connectivity index (χ1) is 11.0. The average molecular weight is 318 g/mol. The molecule has 1 unspecified atom stereocenters. The molecule has 0 aromatic heterocycles. The molecular weight excluding hydrogens is 300 g/mol. The van der Waals surface area contributed by atoms with Crippen molar-refractivity contribution in [3.63, 3.8) is 0 Å². The number of benzene rings is 1. The van der Waals surface area contributed by atoms with Gasteiger partial charge in [0.2, 0.25) is 5.91 Å². The normalized spacial score (nSPS) is 20.3. The van der Waals surface area contributed by atoms with E-state index >= 15 is 0 Å². The van der Waals surface area contributed by atoms with Gasteiger partial charge in [-0.05, 0) is 36.6 Å². The molecule has 0 bridgehead atoms. The van der Waals surface area contributed by atoms with Crippen LogP contribution in [0.25, 0.3) is 0 Å². The zero-order valence-electron chi connectivity index (χ0n) is 12.7. The topological polar surface area (TPSA) is 95.9 Å². The summed E-state index contributed by atoms with van der Waals surface area (Å²) in [4.78, 5) is 37.2. The third kappa shape index (κ3) is 3.13. The summed E-state index contributed by atoms with van der Waals surface area (Å²) in [6.45, 7) is 0.352. The van der Waals surface area contributed by atoms with E-state index in [9.17, 15) is 14.4 Å². The number of anilines is 1. The number of ether oxygens (including phenoxy) is 1. The Labute approximate surface area is 133 Å². The maximum absolute atomic E-state index is 12.7. The SMILES string of the molecule is COC(=O)CC1Nc2ccc(C(=O)O)cc2CN(C2CC2)C1=O. The largest absolute Gasteiger partial charge is 0.478 e. The molecule has 7 nitrogen and oxygen atoms in total. The minimum atomic E-state index is -1.01. The Morgan fingerprint density at radius 1 is 1.39 bits per heavy atom. The Kier molecular flexibility index (Phi) is 3.94. The molecule has 0 saturated heterocycles. The number of carboxylic acid groups (broad SMARTS) is 1. The van der Waals surface area contributed by atoms with Crippen molar-refractivity contribution in [3.8, 4) is 0 Å². The monoisotopic (exact) mass is 318 g/mol. The first kappa shape index (κ1) is 15.3. The summed E-state index contributed by atoms with van der Waals surface area (Å²) in [5, 5.41) is 12.2. The zero-order chi connectivity index (χ0) is 16.6. The average Bonchev–Trinajstić information content (AvgIpc) is 3.36. The van der Waals surface area contributed by atoms with Crippen LogP contribution < -0.4 is 5.32 Å². The van der Waals surface area contributed by atoms with Crippen LogP contribution in [0.4, 0.5) is 5.69 Å². The number of carbonyl (C=O) groups is 3. The fourth-order valence-corrected chi connectivity index (χ4v) is 2.79. The third-order valence-corrected chi connectivity index (χ3v) is 4.19. The molecule has 0 radical (unpaired) electrons. The van der Waals surface area contributed by atoms with Gasteiger partial charge in [0.25, 0.3) is 0 Å². The van der Waals surface area contributed by atoms with Crippen LogP contribution in [0.2, 0.25) is 0 Å². The second-order valence-corrected chi connectivity index (χ2v) is 5.85. The van der Waals surface area contributed by atoms with Crippen LogP contribution in [0.1, 0.15) is 35.2 Å². The van der Waals surface area contributed by atoms with Crippen molar-refractivity contribution in [2.45, 2.75) is 37.9 Å². The van der Waals surface area contributed by atoms with Crippen molar-refractivity contribution in [2.75, 3.05) is 12.4 Å². The third-order valence-electron chi connectivity index (χ3n) is 4.19. The molecule has 23 heavy (non-hydrogen) atoms. The lowest BCUT2D eigenvalue weighted by atomic mass is 10.1. The maximum atomic E-state index is 12.7. The second kappa shape index (κ2) is 5.91. The number of carboxylic acids is 1. The number of rotatable bonds is 4. The highest BCUT2D eigenvalue weighted by molar-refractivity contribution is 5.92. The van der Waals surface area contributed by atoms with Crippen LogP contribution in [0.15, 0.2) is 18.2 Å². The maximum Gasteiger partial charge on any atom is 0.335 e. The Balaban J connectivity index is 1.94. The van der Waals surface area contributed by atoms with Gasteiger partial charge in [0.15, 0.2) is 0 Å². The Morgan fingerprint density at radius 2 is 2.13 bits per heavy atom. The van der Waals surface area contributed by atoms with E-state index < -0.39 is 18.0 Å². The molecule has 1 amide bonds. The molecule has 3 rings (SSSR count). The van der Waals surface area contributed by atoms with E-state index in [1.807, 2.05) is 0 Å². The van der Waals surface area contributed by atoms with Gasteiger partial charge in [-0.2, -0.15) is 0 Å². The first-order valence-corrected chi connectivity index (χ1v) is 7.49. The number of hydrogen-bond acceptors (Lipinski definition) is 5. The molecule has 0 spiro atoms. The lowest BCUT2D eigenvalue weighted by Crippen LogP contribution is -2.42. The quantitative estimate of drug-likeness (QED) is 0.811. The molecule has 7 heteroatoms. The van der Waals surface area contributed by atoms with E-state index in [2.05, 4.69) is 10.1 Å². The molecule has 2 aliphatic rings. The van der Waals surface area contributed by atoms with Crippen LogP contribution in [-0.2, 0) is 20.9 Å². The van der Waals surface area contributed by atoms with Gasteiger partial charge in [-0.1, -0.05) is 0 Å². The zero-order valence-corrected chi connectivity index (χ0v) is 12.7. The van der Waals surface area contributed by atoms with Crippen molar-refractivity contribution < 1.29 is 24.2 Å². The summed E-state index contributed by atoms with van der Waals surface area (Å²) in [5.74, 6) is -1.62. The predicted octanol–water partition coefficient (Wildman–Crippen LogP) is 1.23. The van der Waals surface area contributed by atoms with E-state index in [0.29, 0.717) is 12.2 Å². The summed E-state index contributed by atoms with van der Waals surface area (Å²) in [6, 6.07) is 4.19. The van der Waals surface area contributed by atoms with Crippen molar-refractivity contribution in [1.82, 2.24) is 4.90 Å². The molecule has 1 saturated carbocycles. The van der Waals surface area contributed by atoms with E-state index in [0.717, 1.165) is 18.4 Å². The lowest BCUT2D eigenvalue weighted by molar-refractivity contribution is -0.144. The fourth-order valence-electron chi connectivity index (χ4n) is 2.79. The number of amides is 1. The van der Waals surface area contributed by atoms with E-state index in [4.69, 9.17) is 5.11 Å². The van der Waals surface area contributed by atoms with E-state index in [-0.39, 0.29) is 23.9 Å². The van der Waals surface area contributed by atoms with Crippen molar-refractivity contribution in [3.05, 3.63) is 29.3 Å². The van der Waals surface area contributed by atoms with Crippen LogP contribution in [0.5, 0.6) is 0 Å². The smallest absolute Gasteiger partial charge is 0.335 e. The number of hydrogen-bond donors (Lipinski definition) is 2. The summed E-state index contributed by atoms with van der Waals surface area (Å²) < 4.78 is 4.66. The van der Waals surface area contributed by atoms with Crippen LogP contribution >= 0.6 is 0 Å². The summed E-state index contributed by atoms with van der Waals surface area (Å²) in [5.41, 5.74) is 1.61. The number of fused-ring (bicyclic) bond motifs is 1. The van der Waals surface area contributed by atoms with Gasteiger partial charge in [0, 0.05) is 18.3 Å². The van der Waals surface area contributed by atoms with Crippen molar-refractivity contribution >= 4 is 23.5 Å². The molecule has 1 fully saturated rings. The molecule has 1 aliphatic heterocycles. The summed E-state index contributed by atoms with van der Waals surface area (Å²) in [7, 11) is 1.29. The second-order valence-electron chi connectivity index (χ2n) is 5.85. The minimum Gasteiger partial charge on any atom is -0.478 e. The predicted molar refractivity (Wildman–Crippen MR) is 81.0 cm³/mol. The summed E-state index contributed by atoms with van der Waals surface area (Å²) >= 11 is 0. The van der Waals surface area contributed by atoms with Gasteiger partial charge < -0.3 is 20.1 Å². The van der Waals surface area contributed by atoms with Gasteiger partial charge in [-0.25, -0.2) is 4.79 Å². The Morgan fingerprint density at radius 3 is 2.74 bits per heavy atom. The number of nitrogens with zero attached hydrogens (tertiary/aromatic N) is 1. The Hall–Kier alpha value is -2.57. The molecule has 1 aromatic rings. The molecule has 2 N–H and O–H groups in total. The number of nitrogens with one attached hydrogen (secondary N) is 1. The lowest BCUT2D eigenvalue weighted by Gasteiger charge is -2.23. The fraction of sp³-hybridized carbons (Fsp3) is 0.438. The van der Waals surface area contributed by atoms with Gasteiger partial charge in [0.05, 0.1) is 19.1 Å². The molecular formula is C16H18N2O5. The summed E-state index contributed by atoms with van der Waals surface area (Å²) in [6.07, 6.45) is 1.81. The molecule has 1 aromatic carbocycles. The van der Waals surface area contributed by atoms with Crippen LogP contribution in [-0.4, -0.2) is 47.0 Å². The van der Waals surface area contributed by atoms with E-state index in [1.54, 1.807) is 17.0 Å². The standard InChI is InChI=1S/C16H18N2O5/c1-23-14(19)7-13-15(20)18(11-3-4-11)8-10-6-9(16(21)22)2-5-12(10)17-13/h2,5-6,11,13,17H,3-4,7-8H2,1H3,(H,21,22). The van der Waals surface area contributed by atoms with Gasteiger partial charge in [-0.3, -0.25) is 9.59 Å². The number of esters is 1. The van der Waals surface area contributed by atoms with Crippen LogP contribution in [0.3, 0.4) is 0 Å². The first-order valence-electron chi connectivity index (χ1n) is 7.49. The number of aromatic carboxylic acids is 1. The van der Waals surface area contributed by atoms with Gasteiger partial charge in [-0.15, -0.1) is 0 Å². The Bertz CT molecular complexity index is 668. The van der Waals surface area contributed by atoms with E-state index in [1.165, 1.54) is 13.2 Å². The van der Waals surface area contributed by atoms with Crippen molar-refractivity contribution in [1.29, 1.82) is 0 Å². The highest BCUT2D eigenvalue weighted by atomic mass is 16.5. The highest BCUT2D eigenvalue weighted by Crippen LogP contribution is 2.33. The van der Waals surface area contributed by atoms with Crippen LogP contribution in [0, 0.1) is 0 Å². The molecule has 1 heterocycles. The molecule has 1 atom stereocenters. The number of methoxy groups -OCH3 is 1. The highest BCUT2D eigenvalue weighted by Gasteiger charge is 2.39. The molecule has 1 aliphatic carbocycles. The van der Waals surface area contributed by atoms with Crippen molar-refractivity contribution in [2.24, 2.45) is 0 Å². The molecule has 122 valence electrons. The van der Waals surface area contributed by atoms with Gasteiger partial charge >= 0.3 is 11.9 Å². The number of carbonyl (C=O) groups excluding carboxylic acids is 2. The van der Waals surface area contributed by atoms with Gasteiger partial charge in [0.1, 0.15) is 6.04 Å². The minimum absolute atomic E-state index is 0.0569.